The summed E-state index contributed by atoms with van der Waals surface area (Å²) in [6.07, 6.45) is 2.00. The van der Waals surface area contributed by atoms with Crippen LogP contribution in [0.2, 0.25) is 0 Å². The van der Waals surface area contributed by atoms with Crippen molar-refractivity contribution in [1.82, 2.24) is 4.90 Å². The smallest absolute Gasteiger partial charge is 0.242 e. The Labute approximate surface area is 137 Å². The predicted octanol–water partition coefficient (Wildman–Crippen LogP) is 3.02. The van der Waals surface area contributed by atoms with Crippen molar-refractivity contribution in [2.75, 3.05) is 18.0 Å². The Morgan fingerprint density at radius 3 is 2.57 bits per heavy atom. The van der Waals surface area contributed by atoms with Crippen LogP contribution in [-0.2, 0) is 24.2 Å². The number of anilines is 1. The molecule has 3 heteroatoms. The third-order valence-electron chi connectivity index (χ3n) is 5.14. The Hall–Kier alpha value is -2.29. The van der Waals surface area contributed by atoms with Gasteiger partial charge in [-0.3, -0.25) is 4.79 Å². The van der Waals surface area contributed by atoms with Crippen LogP contribution in [0.1, 0.15) is 23.6 Å². The fraction of sp³-hybridized carbons (Fsp3) is 0.350. The van der Waals surface area contributed by atoms with Crippen LogP contribution in [0.25, 0.3) is 0 Å². The lowest BCUT2D eigenvalue weighted by Gasteiger charge is -2.32. The Kier molecular flexibility index (Phi) is 3.56. The molecule has 3 nitrogen and oxygen atoms in total. The van der Waals surface area contributed by atoms with E-state index in [1.54, 1.807) is 0 Å². The Morgan fingerprint density at radius 1 is 1.04 bits per heavy atom. The van der Waals surface area contributed by atoms with E-state index in [1.165, 1.54) is 22.4 Å². The molecule has 2 aromatic rings. The molecule has 0 N–H and O–H groups in total. The highest BCUT2D eigenvalue weighted by Gasteiger charge is 2.29. The highest BCUT2D eigenvalue weighted by atomic mass is 16.2. The van der Waals surface area contributed by atoms with Crippen molar-refractivity contribution >= 4 is 11.6 Å². The van der Waals surface area contributed by atoms with Gasteiger partial charge in [0, 0.05) is 24.8 Å². The summed E-state index contributed by atoms with van der Waals surface area (Å²) in [7, 11) is 0. The van der Waals surface area contributed by atoms with Gasteiger partial charge in [-0.2, -0.15) is 0 Å². The molecular formula is C20H22N2O. The largest absolute Gasteiger partial charge is 0.359 e. The number of benzene rings is 2. The molecule has 0 saturated carbocycles. The van der Waals surface area contributed by atoms with Crippen LogP contribution < -0.4 is 4.90 Å². The van der Waals surface area contributed by atoms with E-state index in [0.717, 1.165) is 25.9 Å². The summed E-state index contributed by atoms with van der Waals surface area (Å²) in [6.45, 7) is 4.28. The molecule has 0 spiro atoms. The quantitative estimate of drug-likeness (QED) is 0.851. The van der Waals surface area contributed by atoms with Crippen LogP contribution in [0, 0.1) is 0 Å². The van der Waals surface area contributed by atoms with E-state index in [-0.39, 0.29) is 5.91 Å². The lowest BCUT2D eigenvalue weighted by Crippen LogP contribution is -2.44. The fourth-order valence-electron chi connectivity index (χ4n) is 3.82. The van der Waals surface area contributed by atoms with Crippen LogP contribution in [0.4, 0.5) is 5.69 Å². The first kappa shape index (κ1) is 14.3. The van der Waals surface area contributed by atoms with E-state index in [4.69, 9.17) is 0 Å². The average molecular weight is 306 g/mol. The van der Waals surface area contributed by atoms with Gasteiger partial charge < -0.3 is 9.80 Å². The van der Waals surface area contributed by atoms with Gasteiger partial charge in [-0.1, -0.05) is 42.5 Å². The van der Waals surface area contributed by atoms with Gasteiger partial charge in [-0.05, 0) is 42.5 Å². The molecule has 1 atom stereocenters. The number of nitrogens with zero attached hydrogens (tertiary/aromatic N) is 2. The van der Waals surface area contributed by atoms with Gasteiger partial charge in [0.15, 0.2) is 0 Å². The van der Waals surface area contributed by atoms with E-state index in [1.807, 2.05) is 4.90 Å². The molecular weight excluding hydrogens is 284 g/mol. The lowest BCUT2D eigenvalue weighted by molar-refractivity contribution is -0.130. The first-order valence-corrected chi connectivity index (χ1v) is 8.41. The SMILES string of the molecule is C[C@@H]1Cc2ccccc2N1CC(=O)N1CCc2ccccc2C1. The van der Waals surface area contributed by atoms with Crippen molar-refractivity contribution in [2.45, 2.75) is 32.4 Å². The van der Waals surface area contributed by atoms with E-state index in [2.05, 4.69) is 60.4 Å². The number of hydrogen-bond donors (Lipinski definition) is 0. The zero-order valence-electron chi connectivity index (χ0n) is 13.5. The second-order valence-corrected chi connectivity index (χ2v) is 6.64. The molecule has 0 aliphatic carbocycles. The molecule has 23 heavy (non-hydrogen) atoms. The zero-order chi connectivity index (χ0) is 15.8. The molecule has 2 aliphatic heterocycles. The Morgan fingerprint density at radius 2 is 1.74 bits per heavy atom. The number of para-hydroxylation sites is 1. The highest BCUT2D eigenvalue weighted by Crippen LogP contribution is 2.31. The number of hydrogen-bond acceptors (Lipinski definition) is 2. The van der Waals surface area contributed by atoms with Crippen LogP contribution >= 0.6 is 0 Å². The van der Waals surface area contributed by atoms with Gasteiger partial charge >= 0.3 is 0 Å². The molecule has 2 heterocycles. The molecule has 2 aromatic carbocycles. The summed E-state index contributed by atoms with van der Waals surface area (Å²) in [5.74, 6) is 0.239. The van der Waals surface area contributed by atoms with Crippen molar-refractivity contribution in [3.8, 4) is 0 Å². The standard InChI is InChI=1S/C20H22N2O/c1-15-12-17-7-4-5-9-19(17)22(15)14-20(23)21-11-10-16-6-2-3-8-18(16)13-21/h2-9,15H,10-14H2,1H3/t15-/m1/s1. The Bertz CT molecular complexity index is 740. The van der Waals surface area contributed by atoms with E-state index < -0.39 is 0 Å². The number of amides is 1. The maximum Gasteiger partial charge on any atom is 0.242 e. The molecule has 0 bridgehead atoms. The molecule has 0 unspecified atom stereocenters. The molecule has 1 amide bonds. The fourth-order valence-corrected chi connectivity index (χ4v) is 3.82. The summed E-state index contributed by atoms with van der Waals surface area (Å²) in [5, 5.41) is 0. The summed E-state index contributed by atoms with van der Waals surface area (Å²) in [6, 6.07) is 17.3. The minimum absolute atomic E-state index is 0.239. The second kappa shape index (κ2) is 5.73. The second-order valence-electron chi connectivity index (χ2n) is 6.64. The van der Waals surface area contributed by atoms with Crippen molar-refractivity contribution in [3.63, 3.8) is 0 Å². The minimum Gasteiger partial charge on any atom is -0.359 e. The van der Waals surface area contributed by atoms with Gasteiger partial charge in [0.05, 0.1) is 6.54 Å². The van der Waals surface area contributed by atoms with Gasteiger partial charge in [-0.15, -0.1) is 0 Å². The van der Waals surface area contributed by atoms with Crippen LogP contribution in [-0.4, -0.2) is 29.9 Å². The van der Waals surface area contributed by atoms with Crippen molar-refractivity contribution < 1.29 is 4.79 Å². The average Bonchev–Trinajstić information content (AvgIpc) is 2.90. The third kappa shape index (κ3) is 2.61. The summed E-state index contributed by atoms with van der Waals surface area (Å²) in [5.41, 5.74) is 5.26. The topological polar surface area (TPSA) is 23.6 Å². The van der Waals surface area contributed by atoms with Gasteiger partial charge in [-0.25, -0.2) is 0 Å². The number of fused-ring (bicyclic) bond motifs is 2. The molecule has 4 rings (SSSR count). The van der Waals surface area contributed by atoms with Gasteiger partial charge in [0.2, 0.25) is 5.91 Å². The van der Waals surface area contributed by atoms with Crippen LogP contribution in [0.5, 0.6) is 0 Å². The number of carbonyl (C=O) groups is 1. The first-order valence-electron chi connectivity index (χ1n) is 8.41. The monoisotopic (exact) mass is 306 g/mol. The maximum atomic E-state index is 12.8. The normalized spacial score (nSPS) is 19.4. The zero-order valence-corrected chi connectivity index (χ0v) is 13.5. The van der Waals surface area contributed by atoms with Gasteiger partial charge in [0.25, 0.3) is 0 Å². The van der Waals surface area contributed by atoms with Crippen LogP contribution in [0.3, 0.4) is 0 Å². The van der Waals surface area contributed by atoms with E-state index in [9.17, 15) is 4.79 Å². The maximum absolute atomic E-state index is 12.8. The van der Waals surface area contributed by atoms with Gasteiger partial charge in [0.1, 0.15) is 0 Å². The molecule has 0 radical (unpaired) electrons. The summed E-state index contributed by atoms with van der Waals surface area (Å²) < 4.78 is 0. The minimum atomic E-state index is 0.239. The van der Waals surface area contributed by atoms with Crippen molar-refractivity contribution in [3.05, 3.63) is 65.2 Å². The summed E-state index contributed by atoms with van der Waals surface area (Å²) in [4.78, 5) is 17.1. The Balaban J connectivity index is 1.49. The molecule has 2 aliphatic rings. The first-order chi connectivity index (χ1) is 11.2. The van der Waals surface area contributed by atoms with E-state index in [0.29, 0.717) is 12.6 Å². The van der Waals surface area contributed by atoms with Crippen LogP contribution in [0.15, 0.2) is 48.5 Å². The molecule has 118 valence electrons. The summed E-state index contributed by atoms with van der Waals surface area (Å²) >= 11 is 0. The number of rotatable bonds is 2. The van der Waals surface area contributed by atoms with Crippen molar-refractivity contribution in [1.29, 1.82) is 0 Å². The molecule has 0 saturated heterocycles. The highest BCUT2D eigenvalue weighted by molar-refractivity contribution is 5.83. The molecule has 0 aromatic heterocycles. The molecule has 0 fully saturated rings. The number of carbonyl (C=O) groups excluding carboxylic acids is 1. The third-order valence-corrected chi connectivity index (χ3v) is 5.14. The van der Waals surface area contributed by atoms with Crippen molar-refractivity contribution in [2.24, 2.45) is 0 Å². The van der Waals surface area contributed by atoms with E-state index >= 15 is 0 Å². The lowest BCUT2D eigenvalue weighted by atomic mass is 10.00. The predicted molar refractivity (Wildman–Crippen MR) is 92.5 cm³/mol.